The molecule has 1 aromatic carbocycles. The van der Waals surface area contributed by atoms with Crippen LogP contribution in [0.25, 0.3) is 0 Å². The zero-order valence-corrected chi connectivity index (χ0v) is 15.2. The number of allylic oxidation sites excluding steroid dienone is 1. The van der Waals surface area contributed by atoms with Crippen molar-refractivity contribution in [1.29, 1.82) is 0 Å². The van der Waals surface area contributed by atoms with Crippen molar-refractivity contribution in [2.45, 2.75) is 51.7 Å². The standard InChI is InChI=1S/C22H29NO2/c1-15-7-6-10-22(2)12-20-17(11-19(15)22)18(21(24)25-20)14-23-13-16-8-4-3-5-9-16/h3-5,8-9,17-20,23H,1,6-7,10-14H2,2H3/t17-,18-,19-,20+,22+/m0/s1. The number of hydrogen-bond donors (Lipinski definition) is 1. The van der Waals surface area contributed by atoms with Crippen molar-refractivity contribution < 1.29 is 9.53 Å². The summed E-state index contributed by atoms with van der Waals surface area (Å²) in [6.07, 6.45) is 5.84. The lowest BCUT2D eigenvalue weighted by Gasteiger charge is -2.50. The molecule has 3 aliphatic rings. The van der Waals surface area contributed by atoms with Gasteiger partial charge in [-0.15, -0.1) is 0 Å². The summed E-state index contributed by atoms with van der Waals surface area (Å²) in [5.74, 6) is 0.911. The molecule has 0 radical (unpaired) electrons. The molecule has 3 heteroatoms. The number of rotatable bonds is 4. The highest BCUT2D eigenvalue weighted by atomic mass is 16.6. The van der Waals surface area contributed by atoms with Crippen LogP contribution in [0.2, 0.25) is 0 Å². The highest BCUT2D eigenvalue weighted by Crippen LogP contribution is 2.56. The summed E-state index contributed by atoms with van der Waals surface area (Å²) >= 11 is 0. The smallest absolute Gasteiger partial charge is 0.310 e. The molecule has 1 aromatic rings. The topological polar surface area (TPSA) is 38.3 Å². The Kier molecular flexibility index (Phi) is 4.45. The van der Waals surface area contributed by atoms with Gasteiger partial charge in [0.25, 0.3) is 0 Å². The third-order valence-corrected chi connectivity index (χ3v) is 6.86. The summed E-state index contributed by atoms with van der Waals surface area (Å²) < 4.78 is 5.82. The van der Waals surface area contributed by atoms with Gasteiger partial charge in [-0.3, -0.25) is 4.79 Å². The predicted octanol–water partition coefficient (Wildman–Crippen LogP) is 4.09. The van der Waals surface area contributed by atoms with Gasteiger partial charge in [-0.2, -0.15) is 0 Å². The Labute approximate surface area is 150 Å². The van der Waals surface area contributed by atoms with Gasteiger partial charge in [0.1, 0.15) is 6.10 Å². The van der Waals surface area contributed by atoms with Gasteiger partial charge in [-0.25, -0.2) is 0 Å². The lowest BCUT2D eigenvalue weighted by atomic mass is 9.55. The normalized spacial score (nSPS) is 37.3. The maximum absolute atomic E-state index is 12.5. The minimum absolute atomic E-state index is 0.00317. The molecule has 1 saturated heterocycles. The molecule has 1 aliphatic heterocycles. The highest BCUT2D eigenvalue weighted by Gasteiger charge is 2.54. The van der Waals surface area contributed by atoms with Crippen LogP contribution in [0.5, 0.6) is 0 Å². The quantitative estimate of drug-likeness (QED) is 0.663. The molecule has 1 heterocycles. The van der Waals surface area contributed by atoms with Crippen molar-refractivity contribution in [3.05, 3.63) is 48.0 Å². The first kappa shape index (κ1) is 16.8. The van der Waals surface area contributed by atoms with Gasteiger partial charge in [0.2, 0.25) is 0 Å². The first-order valence-corrected chi connectivity index (χ1v) is 9.70. The van der Waals surface area contributed by atoms with Crippen molar-refractivity contribution >= 4 is 5.97 Å². The Morgan fingerprint density at radius 3 is 2.92 bits per heavy atom. The first-order chi connectivity index (χ1) is 12.1. The maximum Gasteiger partial charge on any atom is 0.310 e. The van der Waals surface area contributed by atoms with E-state index in [1.54, 1.807) is 0 Å². The number of carbonyl (C=O) groups is 1. The van der Waals surface area contributed by atoms with Crippen molar-refractivity contribution in [2.24, 2.45) is 23.2 Å². The van der Waals surface area contributed by atoms with E-state index >= 15 is 0 Å². The average Bonchev–Trinajstić information content (AvgIpc) is 2.88. The first-order valence-electron chi connectivity index (χ1n) is 9.70. The fourth-order valence-electron chi connectivity index (χ4n) is 5.46. The average molecular weight is 339 g/mol. The number of hydrogen-bond acceptors (Lipinski definition) is 3. The minimum Gasteiger partial charge on any atom is -0.462 e. The molecule has 0 spiro atoms. The van der Waals surface area contributed by atoms with E-state index in [-0.39, 0.29) is 23.4 Å². The van der Waals surface area contributed by atoms with Crippen LogP contribution < -0.4 is 5.32 Å². The predicted molar refractivity (Wildman–Crippen MR) is 98.8 cm³/mol. The molecule has 1 N–H and O–H groups in total. The van der Waals surface area contributed by atoms with Crippen LogP contribution in [0.15, 0.2) is 42.5 Å². The molecule has 0 amide bonds. The molecule has 0 aromatic heterocycles. The van der Waals surface area contributed by atoms with Gasteiger partial charge in [0.05, 0.1) is 5.92 Å². The number of benzene rings is 1. The summed E-state index contributed by atoms with van der Waals surface area (Å²) in [5, 5.41) is 3.48. The van der Waals surface area contributed by atoms with E-state index in [9.17, 15) is 4.79 Å². The fourth-order valence-corrected chi connectivity index (χ4v) is 5.46. The molecule has 2 saturated carbocycles. The van der Waals surface area contributed by atoms with Gasteiger partial charge in [0.15, 0.2) is 0 Å². The number of nitrogens with one attached hydrogen (secondary N) is 1. The Balaban J connectivity index is 1.42. The molecule has 134 valence electrons. The summed E-state index contributed by atoms with van der Waals surface area (Å²) in [5.41, 5.74) is 2.94. The summed E-state index contributed by atoms with van der Waals surface area (Å²) in [6, 6.07) is 10.3. The molecule has 3 fully saturated rings. The second-order valence-corrected chi connectivity index (χ2v) is 8.52. The summed E-state index contributed by atoms with van der Waals surface area (Å²) in [6.45, 7) is 8.26. The van der Waals surface area contributed by atoms with Crippen LogP contribution in [0.3, 0.4) is 0 Å². The molecule has 4 rings (SSSR count). The van der Waals surface area contributed by atoms with E-state index < -0.39 is 0 Å². The van der Waals surface area contributed by atoms with E-state index in [0.29, 0.717) is 18.4 Å². The van der Waals surface area contributed by atoms with Crippen LogP contribution in [0.4, 0.5) is 0 Å². The van der Waals surface area contributed by atoms with E-state index in [0.717, 1.165) is 25.8 Å². The molecule has 2 aliphatic carbocycles. The Bertz CT molecular complexity index is 655. The lowest BCUT2D eigenvalue weighted by molar-refractivity contribution is -0.146. The van der Waals surface area contributed by atoms with E-state index in [1.165, 1.54) is 24.0 Å². The van der Waals surface area contributed by atoms with E-state index in [1.807, 2.05) is 18.2 Å². The molecular weight excluding hydrogens is 310 g/mol. The SMILES string of the molecule is C=C1CCC[C@]2(C)C[C@H]3OC(=O)[C@@H](CNCc4ccccc4)[C@@H]3C[C@@H]12. The molecular formula is C22H29NO2. The zero-order chi connectivity index (χ0) is 17.4. The lowest BCUT2D eigenvalue weighted by Crippen LogP contribution is -2.45. The van der Waals surface area contributed by atoms with Gasteiger partial charge >= 0.3 is 5.97 Å². The Morgan fingerprint density at radius 2 is 2.12 bits per heavy atom. The van der Waals surface area contributed by atoms with Crippen molar-refractivity contribution in [1.82, 2.24) is 5.32 Å². The molecule has 0 bridgehead atoms. The maximum atomic E-state index is 12.5. The monoisotopic (exact) mass is 339 g/mol. The Morgan fingerprint density at radius 1 is 1.32 bits per heavy atom. The fraction of sp³-hybridized carbons (Fsp3) is 0.591. The van der Waals surface area contributed by atoms with Crippen LogP contribution in [0.1, 0.15) is 44.6 Å². The molecule has 3 nitrogen and oxygen atoms in total. The van der Waals surface area contributed by atoms with Crippen LogP contribution >= 0.6 is 0 Å². The Hall–Kier alpha value is -1.61. The van der Waals surface area contributed by atoms with Gasteiger partial charge in [-0.05, 0) is 49.0 Å². The highest BCUT2D eigenvalue weighted by molar-refractivity contribution is 5.75. The number of esters is 1. The van der Waals surface area contributed by atoms with Gasteiger partial charge in [0, 0.05) is 19.0 Å². The van der Waals surface area contributed by atoms with Crippen molar-refractivity contribution in [3.63, 3.8) is 0 Å². The number of carbonyl (C=O) groups excluding carboxylic acids is 1. The second kappa shape index (κ2) is 6.60. The molecule has 25 heavy (non-hydrogen) atoms. The number of ether oxygens (including phenoxy) is 1. The van der Waals surface area contributed by atoms with Crippen LogP contribution in [0, 0.1) is 23.2 Å². The van der Waals surface area contributed by atoms with E-state index in [4.69, 9.17) is 4.74 Å². The third-order valence-electron chi connectivity index (χ3n) is 6.86. The van der Waals surface area contributed by atoms with Gasteiger partial charge in [-0.1, -0.05) is 49.4 Å². The van der Waals surface area contributed by atoms with Crippen molar-refractivity contribution in [3.8, 4) is 0 Å². The number of fused-ring (bicyclic) bond motifs is 2. The second-order valence-electron chi connectivity index (χ2n) is 8.52. The molecule has 5 atom stereocenters. The van der Waals surface area contributed by atoms with Crippen LogP contribution in [-0.2, 0) is 16.1 Å². The minimum atomic E-state index is -0.00649. The third kappa shape index (κ3) is 3.15. The van der Waals surface area contributed by atoms with Crippen molar-refractivity contribution in [2.75, 3.05) is 6.54 Å². The zero-order valence-electron chi connectivity index (χ0n) is 15.2. The summed E-state index contributed by atoms with van der Waals surface area (Å²) in [4.78, 5) is 12.5. The van der Waals surface area contributed by atoms with Gasteiger partial charge < -0.3 is 10.1 Å². The van der Waals surface area contributed by atoms with Crippen LogP contribution in [-0.4, -0.2) is 18.6 Å². The summed E-state index contributed by atoms with van der Waals surface area (Å²) in [7, 11) is 0. The molecule has 0 unspecified atom stereocenters. The van der Waals surface area contributed by atoms with E-state index in [2.05, 4.69) is 31.0 Å². The largest absolute Gasteiger partial charge is 0.462 e.